The molecule has 174 valence electrons. The largest absolute Gasteiger partial charge is 0.481 e. The molecule has 5 heterocycles. The van der Waals surface area contributed by atoms with Gasteiger partial charge in [-0.1, -0.05) is 0 Å². The Morgan fingerprint density at radius 1 is 1.00 bits per heavy atom. The first-order valence-electron chi connectivity index (χ1n) is 11.8. The third-order valence-electron chi connectivity index (χ3n) is 6.74. The Hall–Kier alpha value is -3.46. The van der Waals surface area contributed by atoms with Crippen LogP contribution < -0.4 is 4.74 Å². The molecule has 0 amide bonds. The van der Waals surface area contributed by atoms with Gasteiger partial charge in [0.1, 0.15) is 17.0 Å². The van der Waals surface area contributed by atoms with E-state index < -0.39 is 0 Å². The molecular weight excluding hydrogens is 430 g/mol. The number of aromatic nitrogens is 7. The van der Waals surface area contributed by atoms with E-state index in [2.05, 4.69) is 21.0 Å². The number of hydrogen-bond donors (Lipinski definition) is 0. The molecule has 0 radical (unpaired) electrons. The van der Waals surface area contributed by atoms with Crippen molar-refractivity contribution in [1.82, 2.24) is 34.7 Å². The monoisotopic (exact) mass is 457 g/mol. The Labute approximate surface area is 197 Å². The number of pyridine rings is 1. The van der Waals surface area contributed by atoms with E-state index in [1.807, 2.05) is 32.2 Å². The van der Waals surface area contributed by atoms with Crippen LogP contribution >= 0.6 is 0 Å². The van der Waals surface area contributed by atoms with Gasteiger partial charge in [-0.05, 0) is 45.6 Å². The van der Waals surface area contributed by atoms with Crippen molar-refractivity contribution in [3.8, 4) is 17.1 Å². The van der Waals surface area contributed by atoms with E-state index in [4.69, 9.17) is 29.4 Å². The fourth-order valence-corrected chi connectivity index (χ4v) is 4.48. The van der Waals surface area contributed by atoms with Crippen molar-refractivity contribution >= 4 is 11.2 Å². The van der Waals surface area contributed by atoms with E-state index in [1.165, 1.54) is 12.8 Å². The average Bonchev–Trinajstić information content (AvgIpc) is 3.60. The summed E-state index contributed by atoms with van der Waals surface area (Å²) in [5.41, 5.74) is 5.77. The lowest BCUT2D eigenvalue weighted by atomic mass is 9.92. The van der Waals surface area contributed by atoms with E-state index in [-0.39, 0.29) is 12.0 Å². The SMILES string of the molecule is COc1ccc(-c2nc(C3CCOC(c4cnn(C5CC5)c4)C3)nc3nc(C)c(C)nc23)cn1. The van der Waals surface area contributed by atoms with E-state index in [0.717, 1.165) is 46.9 Å². The Morgan fingerprint density at radius 2 is 1.85 bits per heavy atom. The number of nitrogens with zero attached hydrogens (tertiary/aromatic N) is 7. The fraction of sp³-hybridized carbons (Fsp3) is 0.440. The molecule has 34 heavy (non-hydrogen) atoms. The maximum Gasteiger partial charge on any atom is 0.212 e. The normalized spacial score (nSPS) is 20.6. The van der Waals surface area contributed by atoms with Gasteiger partial charge < -0.3 is 9.47 Å². The van der Waals surface area contributed by atoms with Crippen LogP contribution in [0.3, 0.4) is 0 Å². The Kier molecular flexibility index (Phi) is 5.21. The molecule has 4 aromatic heterocycles. The third kappa shape index (κ3) is 3.90. The lowest BCUT2D eigenvalue weighted by Gasteiger charge is -2.28. The van der Waals surface area contributed by atoms with Gasteiger partial charge in [0.2, 0.25) is 5.88 Å². The van der Waals surface area contributed by atoms with Crippen LogP contribution in [-0.2, 0) is 4.74 Å². The third-order valence-corrected chi connectivity index (χ3v) is 6.74. The molecule has 0 N–H and O–H groups in total. The van der Waals surface area contributed by atoms with Crippen LogP contribution in [-0.4, -0.2) is 48.4 Å². The summed E-state index contributed by atoms with van der Waals surface area (Å²) in [6.45, 7) is 4.57. The number of fused-ring (bicyclic) bond motifs is 1. The van der Waals surface area contributed by atoms with Crippen LogP contribution in [0.4, 0.5) is 0 Å². The van der Waals surface area contributed by atoms with Crippen LogP contribution in [0.15, 0.2) is 30.7 Å². The minimum absolute atomic E-state index is 0.0116. The van der Waals surface area contributed by atoms with Crippen LogP contribution in [0.2, 0.25) is 0 Å². The molecule has 0 bridgehead atoms. The summed E-state index contributed by atoms with van der Waals surface area (Å²) in [5, 5.41) is 4.55. The van der Waals surface area contributed by atoms with Gasteiger partial charge in [-0.3, -0.25) is 4.68 Å². The lowest BCUT2D eigenvalue weighted by Crippen LogP contribution is -2.20. The number of aryl methyl sites for hydroxylation is 2. The summed E-state index contributed by atoms with van der Waals surface area (Å²) in [5.74, 6) is 1.49. The van der Waals surface area contributed by atoms with Gasteiger partial charge in [-0.15, -0.1) is 0 Å². The molecule has 1 saturated heterocycles. The summed E-state index contributed by atoms with van der Waals surface area (Å²) >= 11 is 0. The molecule has 1 aliphatic carbocycles. The van der Waals surface area contributed by atoms with Gasteiger partial charge in [0.25, 0.3) is 0 Å². The van der Waals surface area contributed by atoms with Crippen molar-refractivity contribution in [2.75, 3.05) is 13.7 Å². The van der Waals surface area contributed by atoms with Gasteiger partial charge in [0.15, 0.2) is 5.65 Å². The molecule has 2 atom stereocenters. The first-order valence-corrected chi connectivity index (χ1v) is 11.8. The van der Waals surface area contributed by atoms with E-state index in [1.54, 1.807) is 13.3 Å². The average molecular weight is 458 g/mol. The smallest absolute Gasteiger partial charge is 0.212 e. The maximum atomic E-state index is 6.13. The molecule has 0 aromatic carbocycles. The highest BCUT2D eigenvalue weighted by molar-refractivity contribution is 5.86. The van der Waals surface area contributed by atoms with Gasteiger partial charge >= 0.3 is 0 Å². The highest BCUT2D eigenvalue weighted by Gasteiger charge is 2.31. The van der Waals surface area contributed by atoms with Crippen molar-refractivity contribution in [2.24, 2.45) is 0 Å². The molecule has 2 unspecified atom stereocenters. The minimum Gasteiger partial charge on any atom is -0.481 e. The zero-order chi connectivity index (χ0) is 23.2. The zero-order valence-electron chi connectivity index (χ0n) is 19.6. The molecule has 1 aliphatic heterocycles. The molecular formula is C25H27N7O2. The molecule has 9 nitrogen and oxygen atoms in total. The van der Waals surface area contributed by atoms with Crippen LogP contribution in [0.25, 0.3) is 22.4 Å². The quantitative estimate of drug-likeness (QED) is 0.438. The summed E-state index contributed by atoms with van der Waals surface area (Å²) in [7, 11) is 1.60. The van der Waals surface area contributed by atoms with E-state index >= 15 is 0 Å². The van der Waals surface area contributed by atoms with Crippen molar-refractivity contribution in [3.05, 3.63) is 53.5 Å². The van der Waals surface area contributed by atoms with Crippen molar-refractivity contribution in [1.29, 1.82) is 0 Å². The first kappa shape index (κ1) is 21.1. The lowest BCUT2D eigenvalue weighted by molar-refractivity contribution is 0.00396. The van der Waals surface area contributed by atoms with Crippen molar-refractivity contribution in [2.45, 2.75) is 57.6 Å². The molecule has 2 aliphatic rings. The number of rotatable bonds is 5. The Morgan fingerprint density at radius 3 is 2.62 bits per heavy atom. The predicted octanol–water partition coefficient (Wildman–Crippen LogP) is 4.27. The fourth-order valence-electron chi connectivity index (χ4n) is 4.48. The van der Waals surface area contributed by atoms with Gasteiger partial charge in [0.05, 0.1) is 36.8 Å². The van der Waals surface area contributed by atoms with Gasteiger partial charge in [-0.2, -0.15) is 5.10 Å². The Bertz CT molecular complexity index is 1350. The van der Waals surface area contributed by atoms with Crippen LogP contribution in [0.5, 0.6) is 5.88 Å². The highest BCUT2D eigenvalue weighted by Crippen LogP contribution is 2.39. The molecule has 0 spiro atoms. The van der Waals surface area contributed by atoms with E-state index in [0.29, 0.717) is 29.7 Å². The first-order chi connectivity index (χ1) is 16.6. The molecule has 2 fully saturated rings. The van der Waals surface area contributed by atoms with Crippen molar-refractivity contribution < 1.29 is 9.47 Å². The molecule has 9 heteroatoms. The van der Waals surface area contributed by atoms with E-state index in [9.17, 15) is 0 Å². The van der Waals surface area contributed by atoms with Gasteiger partial charge in [-0.25, -0.2) is 24.9 Å². The summed E-state index contributed by atoms with van der Waals surface area (Å²) in [4.78, 5) is 23.8. The molecule has 4 aromatic rings. The second-order valence-electron chi connectivity index (χ2n) is 9.15. The standard InChI is InChI=1S/C25H27N7O2/c1-14-15(2)29-25-23(28-14)22(17-4-7-21(33-3)26-11-17)30-24(31-25)16-8-9-34-20(10-16)18-12-27-32(13-18)19-5-6-19/h4,7,11-13,16,19-20H,5-6,8-10H2,1-3H3. The van der Waals surface area contributed by atoms with Crippen LogP contribution in [0.1, 0.15) is 66.5 Å². The number of methoxy groups -OCH3 is 1. The Balaban J connectivity index is 1.38. The minimum atomic E-state index is -0.0116. The van der Waals surface area contributed by atoms with Gasteiger partial charge in [0, 0.05) is 42.1 Å². The summed E-state index contributed by atoms with van der Waals surface area (Å²) in [6, 6.07) is 4.34. The summed E-state index contributed by atoms with van der Waals surface area (Å²) < 4.78 is 13.4. The second-order valence-corrected chi connectivity index (χ2v) is 9.15. The second kappa shape index (κ2) is 8.39. The number of ether oxygens (including phenoxy) is 2. The van der Waals surface area contributed by atoms with Crippen molar-refractivity contribution in [3.63, 3.8) is 0 Å². The highest BCUT2D eigenvalue weighted by atomic mass is 16.5. The van der Waals surface area contributed by atoms with Crippen LogP contribution in [0, 0.1) is 13.8 Å². The zero-order valence-corrected chi connectivity index (χ0v) is 19.6. The number of hydrogen-bond acceptors (Lipinski definition) is 8. The maximum absolute atomic E-state index is 6.13. The molecule has 1 saturated carbocycles. The molecule has 6 rings (SSSR count). The summed E-state index contributed by atoms with van der Waals surface area (Å²) in [6.07, 6.45) is 9.92. The predicted molar refractivity (Wildman–Crippen MR) is 126 cm³/mol. The topological polar surface area (TPSA) is 101 Å².